The van der Waals surface area contributed by atoms with Crippen LogP contribution in [0.3, 0.4) is 0 Å². The summed E-state index contributed by atoms with van der Waals surface area (Å²) >= 11 is 0. The smallest absolute Gasteiger partial charge is 0.264 e. The molecular formula is C29H26N2O5S. The number of carbonyl (C=O) groups excluding carboxylic acids is 1. The summed E-state index contributed by atoms with van der Waals surface area (Å²) in [5.41, 5.74) is 2.87. The number of amides is 1. The zero-order valence-corrected chi connectivity index (χ0v) is 21.1. The lowest BCUT2D eigenvalue weighted by molar-refractivity contribution is -0.118. The van der Waals surface area contributed by atoms with Gasteiger partial charge in [0.2, 0.25) is 0 Å². The largest absolute Gasteiger partial charge is 0.483 e. The number of hydrogen-bond acceptors (Lipinski definition) is 5. The molecule has 1 amide bonds. The molecular weight excluding hydrogens is 488 g/mol. The number of nitrogens with zero attached hydrogens (tertiary/aromatic N) is 1. The lowest BCUT2D eigenvalue weighted by Crippen LogP contribution is -2.29. The number of carbonyl (C=O) groups is 1. The summed E-state index contributed by atoms with van der Waals surface area (Å²) in [5.74, 6) is 1.23. The molecule has 0 saturated heterocycles. The highest BCUT2D eigenvalue weighted by Gasteiger charge is 2.30. The number of nitrogens with one attached hydrogen (secondary N) is 1. The number of para-hydroxylation sites is 4. The summed E-state index contributed by atoms with van der Waals surface area (Å²) in [6.07, 6.45) is 0.685. The van der Waals surface area contributed by atoms with E-state index in [1.54, 1.807) is 37.3 Å². The van der Waals surface area contributed by atoms with Gasteiger partial charge in [-0.05, 0) is 73.0 Å². The molecule has 37 heavy (non-hydrogen) atoms. The second kappa shape index (κ2) is 10.4. The van der Waals surface area contributed by atoms with Crippen molar-refractivity contribution in [3.05, 3.63) is 108 Å². The third-order valence-corrected chi connectivity index (χ3v) is 7.88. The summed E-state index contributed by atoms with van der Waals surface area (Å²) < 4.78 is 39.7. The number of aryl methyl sites for hydroxylation is 1. The Hall–Kier alpha value is -4.30. The standard InChI is InChI=1S/C29H26N2O5S/c1-21-19-24(37(33,34)31-18-17-22-9-5-7-13-26(22)31)15-16-27(21)35-20-29(32)30-25-12-6-8-14-28(25)36-23-10-3-2-4-11-23/h2-16,19H,17-18,20H2,1H3,(H,30,32). The summed E-state index contributed by atoms with van der Waals surface area (Å²) in [6.45, 7) is 1.92. The van der Waals surface area contributed by atoms with Gasteiger partial charge in [-0.25, -0.2) is 8.42 Å². The minimum atomic E-state index is -3.71. The lowest BCUT2D eigenvalue weighted by Gasteiger charge is -2.20. The zero-order valence-electron chi connectivity index (χ0n) is 20.3. The molecule has 0 aromatic heterocycles. The van der Waals surface area contributed by atoms with E-state index < -0.39 is 10.0 Å². The van der Waals surface area contributed by atoms with Gasteiger partial charge in [-0.15, -0.1) is 0 Å². The van der Waals surface area contributed by atoms with Gasteiger partial charge in [0.05, 0.1) is 16.3 Å². The van der Waals surface area contributed by atoms with Gasteiger partial charge >= 0.3 is 0 Å². The summed E-state index contributed by atoms with van der Waals surface area (Å²) in [5, 5.41) is 2.81. The van der Waals surface area contributed by atoms with Gasteiger partial charge in [-0.1, -0.05) is 48.5 Å². The Morgan fingerprint density at radius 1 is 0.892 bits per heavy atom. The molecule has 1 aliphatic rings. The van der Waals surface area contributed by atoms with E-state index in [2.05, 4.69) is 5.32 Å². The lowest BCUT2D eigenvalue weighted by atomic mass is 10.2. The fourth-order valence-corrected chi connectivity index (χ4v) is 5.82. The quantitative estimate of drug-likeness (QED) is 0.333. The topological polar surface area (TPSA) is 84.9 Å². The molecule has 1 N–H and O–H groups in total. The van der Waals surface area contributed by atoms with Crippen LogP contribution < -0.4 is 19.1 Å². The van der Waals surface area contributed by atoms with E-state index in [9.17, 15) is 13.2 Å². The predicted octanol–water partition coefficient (Wildman–Crippen LogP) is 5.56. The normalized spacial score (nSPS) is 12.6. The van der Waals surface area contributed by atoms with E-state index in [0.29, 0.717) is 47.2 Å². The van der Waals surface area contributed by atoms with E-state index in [0.717, 1.165) is 5.56 Å². The van der Waals surface area contributed by atoms with Gasteiger partial charge in [-0.3, -0.25) is 9.10 Å². The molecule has 5 rings (SSSR count). The molecule has 0 unspecified atom stereocenters. The minimum absolute atomic E-state index is 0.186. The van der Waals surface area contributed by atoms with Gasteiger partial charge in [-0.2, -0.15) is 0 Å². The number of fused-ring (bicyclic) bond motifs is 1. The van der Waals surface area contributed by atoms with Crippen LogP contribution in [-0.4, -0.2) is 27.5 Å². The third-order valence-electron chi connectivity index (χ3n) is 6.07. The first-order valence-electron chi connectivity index (χ1n) is 11.9. The van der Waals surface area contributed by atoms with Gasteiger partial charge < -0.3 is 14.8 Å². The molecule has 7 nitrogen and oxygen atoms in total. The highest BCUT2D eigenvalue weighted by atomic mass is 32.2. The van der Waals surface area contributed by atoms with E-state index in [4.69, 9.17) is 9.47 Å². The fraction of sp³-hybridized carbons (Fsp3) is 0.138. The molecule has 0 saturated carbocycles. The van der Waals surface area contributed by atoms with Crippen LogP contribution in [0, 0.1) is 6.92 Å². The van der Waals surface area contributed by atoms with Crippen LogP contribution in [0.1, 0.15) is 11.1 Å². The van der Waals surface area contributed by atoms with Crippen molar-refractivity contribution in [3.8, 4) is 17.2 Å². The number of ether oxygens (including phenoxy) is 2. The van der Waals surface area contributed by atoms with Crippen LogP contribution in [0.15, 0.2) is 102 Å². The molecule has 0 bridgehead atoms. The Balaban J connectivity index is 1.24. The number of rotatable bonds is 8. The average molecular weight is 515 g/mol. The van der Waals surface area contributed by atoms with Crippen LogP contribution in [0.5, 0.6) is 17.2 Å². The van der Waals surface area contributed by atoms with Crippen molar-refractivity contribution in [1.82, 2.24) is 0 Å². The number of hydrogen-bond donors (Lipinski definition) is 1. The SMILES string of the molecule is Cc1cc(S(=O)(=O)N2CCc3ccccc32)ccc1OCC(=O)Nc1ccccc1Oc1ccccc1. The molecule has 8 heteroatoms. The van der Waals surface area contributed by atoms with Crippen LogP contribution in [0.4, 0.5) is 11.4 Å². The molecule has 4 aromatic carbocycles. The summed E-state index contributed by atoms with van der Waals surface area (Å²) in [4.78, 5) is 12.8. The van der Waals surface area contributed by atoms with E-state index in [1.807, 2.05) is 60.7 Å². The summed E-state index contributed by atoms with van der Waals surface area (Å²) in [7, 11) is -3.71. The molecule has 0 atom stereocenters. The zero-order chi connectivity index (χ0) is 25.8. The highest BCUT2D eigenvalue weighted by Crippen LogP contribution is 2.34. The highest BCUT2D eigenvalue weighted by molar-refractivity contribution is 7.92. The monoisotopic (exact) mass is 514 g/mol. The maximum absolute atomic E-state index is 13.3. The van der Waals surface area contributed by atoms with Crippen LogP contribution in [0.25, 0.3) is 0 Å². The molecule has 4 aromatic rings. The van der Waals surface area contributed by atoms with Crippen LogP contribution in [0.2, 0.25) is 0 Å². The Kier molecular flexibility index (Phi) is 6.83. The van der Waals surface area contributed by atoms with Crippen molar-refractivity contribution in [1.29, 1.82) is 0 Å². The number of anilines is 2. The van der Waals surface area contributed by atoms with Gasteiger partial charge in [0, 0.05) is 6.54 Å². The Morgan fingerprint density at radius 3 is 2.43 bits per heavy atom. The summed E-state index contributed by atoms with van der Waals surface area (Å²) in [6, 6.07) is 28.6. The molecule has 1 aliphatic heterocycles. The first-order valence-corrected chi connectivity index (χ1v) is 13.3. The molecule has 1 heterocycles. The third kappa shape index (κ3) is 5.29. The van der Waals surface area contributed by atoms with Gasteiger partial charge in [0.1, 0.15) is 11.5 Å². The number of sulfonamides is 1. The first-order chi connectivity index (χ1) is 17.9. The van der Waals surface area contributed by atoms with Crippen molar-refractivity contribution in [2.24, 2.45) is 0 Å². The molecule has 0 aliphatic carbocycles. The van der Waals surface area contributed by atoms with Gasteiger partial charge in [0.15, 0.2) is 12.4 Å². The van der Waals surface area contributed by atoms with E-state index in [1.165, 1.54) is 10.4 Å². The van der Waals surface area contributed by atoms with E-state index in [-0.39, 0.29) is 17.4 Å². The Bertz CT molecular complexity index is 1540. The van der Waals surface area contributed by atoms with Crippen molar-refractivity contribution < 1.29 is 22.7 Å². The molecule has 188 valence electrons. The molecule has 0 radical (unpaired) electrons. The minimum Gasteiger partial charge on any atom is -0.483 e. The average Bonchev–Trinajstić information content (AvgIpc) is 3.35. The first kappa shape index (κ1) is 24.4. The Morgan fingerprint density at radius 2 is 1.62 bits per heavy atom. The van der Waals surface area contributed by atoms with Crippen LogP contribution in [-0.2, 0) is 21.2 Å². The predicted molar refractivity (Wildman–Crippen MR) is 143 cm³/mol. The van der Waals surface area contributed by atoms with Crippen molar-refractivity contribution in [2.45, 2.75) is 18.2 Å². The van der Waals surface area contributed by atoms with E-state index >= 15 is 0 Å². The van der Waals surface area contributed by atoms with Crippen molar-refractivity contribution >= 4 is 27.3 Å². The maximum atomic E-state index is 13.3. The number of benzene rings is 4. The Labute approximate surface area is 216 Å². The molecule has 0 spiro atoms. The second-order valence-corrected chi connectivity index (χ2v) is 10.5. The second-order valence-electron chi connectivity index (χ2n) is 8.63. The van der Waals surface area contributed by atoms with Gasteiger partial charge in [0.25, 0.3) is 15.9 Å². The molecule has 0 fully saturated rings. The fourth-order valence-electron chi connectivity index (χ4n) is 4.23. The van der Waals surface area contributed by atoms with Crippen molar-refractivity contribution in [3.63, 3.8) is 0 Å². The van der Waals surface area contributed by atoms with Crippen molar-refractivity contribution in [2.75, 3.05) is 22.8 Å². The van der Waals surface area contributed by atoms with Crippen LogP contribution >= 0.6 is 0 Å². The maximum Gasteiger partial charge on any atom is 0.264 e.